The summed E-state index contributed by atoms with van der Waals surface area (Å²) in [5.41, 5.74) is 6.17. The van der Waals surface area contributed by atoms with E-state index >= 15 is 0 Å². The van der Waals surface area contributed by atoms with Gasteiger partial charge in [-0.1, -0.05) is 23.2 Å². The molecule has 0 unspecified atom stereocenters. The molecule has 0 aliphatic carbocycles. The Bertz CT molecular complexity index is 608. The number of pyridine rings is 1. The molecule has 2 rings (SSSR count). The minimum Gasteiger partial charge on any atom is -0.396 e. The number of carbonyl (C=O) groups is 1. The first-order valence-electron chi connectivity index (χ1n) is 5.15. The molecule has 0 aliphatic heterocycles. The number of amides is 1. The molecule has 1 aromatic carbocycles. The van der Waals surface area contributed by atoms with E-state index in [0.717, 1.165) is 4.47 Å². The number of hydrogen-bond acceptors (Lipinski definition) is 3. The van der Waals surface area contributed by atoms with E-state index in [1.807, 2.05) is 0 Å². The van der Waals surface area contributed by atoms with Crippen molar-refractivity contribution < 1.29 is 4.79 Å². The molecule has 4 nitrogen and oxygen atoms in total. The lowest BCUT2D eigenvalue weighted by Gasteiger charge is -2.07. The molecular weight excluding hydrogens is 353 g/mol. The van der Waals surface area contributed by atoms with E-state index < -0.39 is 0 Å². The van der Waals surface area contributed by atoms with Gasteiger partial charge >= 0.3 is 0 Å². The summed E-state index contributed by atoms with van der Waals surface area (Å²) in [6.07, 6.45) is 1.58. The van der Waals surface area contributed by atoms with Crippen LogP contribution >= 0.6 is 39.1 Å². The predicted octanol–water partition coefficient (Wildman–Crippen LogP) is 3.99. The highest BCUT2D eigenvalue weighted by Gasteiger charge is 2.11. The second kappa shape index (κ2) is 5.77. The Morgan fingerprint density at radius 3 is 2.42 bits per heavy atom. The van der Waals surface area contributed by atoms with Crippen molar-refractivity contribution in [3.8, 4) is 0 Å². The van der Waals surface area contributed by atoms with Gasteiger partial charge in [0.05, 0.1) is 15.7 Å². The van der Waals surface area contributed by atoms with E-state index in [4.69, 9.17) is 28.9 Å². The normalized spacial score (nSPS) is 10.3. The quantitative estimate of drug-likeness (QED) is 0.795. The van der Waals surface area contributed by atoms with Crippen molar-refractivity contribution in [3.63, 3.8) is 0 Å². The lowest BCUT2D eigenvalue weighted by atomic mass is 10.2. The summed E-state index contributed by atoms with van der Waals surface area (Å²) in [6.45, 7) is 0. The van der Waals surface area contributed by atoms with Gasteiger partial charge in [0.2, 0.25) is 0 Å². The van der Waals surface area contributed by atoms with Crippen LogP contribution in [-0.4, -0.2) is 10.9 Å². The molecule has 0 saturated carbocycles. The summed E-state index contributed by atoms with van der Waals surface area (Å²) in [5.74, 6) is 0.0656. The van der Waals surface area contributed by atoms with Crippen LogP contribution in [0.25, 0.3) is 0 Å². The Balaban J connectivity index is 2.23. The van der Waals surface area contributed by atoms with Crippen LogP contribution in [0.5, 0.6) is 0 Å². The fraction of sp³-hybridized carbons (Fsp3) is 0. The number of halogens is 3. The summed E-state index contributed by atoms with van der Waals surface area (Å²) in [4.78, 5) is 16.0. The Hall–Kier alpha value is -1.30. The molecule has 98 valence electrons. The minimum absolute atomic E-state index is 0.237. The van der Waals surface area contributed by atoms with Gasteiger partial charge in [0.25, 0.3) is 5.91 Å². The van der Waals surface area contributed by atoms with Crippen LogP contribution in [0.2, 0.25) is 10.0 Å². The standard InChI is InChI=1S/C12H8BrCl2N3O/c13-7-1-2-10(17-5-7)18-12(19)6-3-8(14)11(16)9(15)4-6/h1-5H,16H2,(H,17,18,19). The fourth-order valence-electron chi connectivity index (χ4n) is 1.35. The molecule has 0 fully saturated rings. The molecule has 19 heavy (non-hydrogen) atoms. The third-order valence-corrected chi connectivity index (χ3v) is 3.40. The molecule has 1 heterocycles. The first-order chi connectivity index (χ1) is 8.97. The van der Waals surface area contributed by atoms with Crippen molar-refractivity contribution in [2.75, 3.05) is 11.1 Å². The monoisotopic (exact) mass is 359 g/mol. The largest absolute Gasteiger partial charge is 0.396 e. The maximum Gasteiger partial charge on any atom is 0.256 e. The molecule has 0 bridgehead atoms. The van der Waals surface area contributed by atoms with Crippen molar-refractivity contribution in [2.45, 2.75) is 0 Å². The van der Waals surface area contributed by atoms with E-state index in [1.165, 1.54) is 12.1 Å². The first kappa shape index (κ1) is 14.1. The average molecular weight is 361 g/mol. The van der Waals surface area contributed by atoms with Gasteiger partial charge in [0, 0.05) is 16.2 Å². The lowest BCUT2D eigenvalue weighted by Crippen LogP contribution is -2.13. The van der Waals surface area contributed by atoms with Crippen LogP contribution in [0.4, 0.5) is 11.5 Å². The Kier molecular flexibility index (Phi) is 4.29. The fourth-order valence-corrected chi connectivity index (χ4v) is 2.08. The van der Waals surface area contributed by atoms with E-state index in [1.54, 1.807) is 18.3 Å². The highest BCUT2D eigenvalue weighted by Crippen LogP contribution is 2.29. The molecule has 0 saturated heterocycles. The molecule has 0 spiro atoms. The maximum absolute atomic E-state index is 12.0. The number of nitrogen functional groups attached to an aromatic ring is 1. The average Bonchev–Trinajstić information content (AvgIpc) is 2.38. The maximum atomic E-state index is 12.0. The van der Waals surface area contributed by atoms with Crippen molar-refractivity contribution in [3.05, 3.63) is 50.5 Å². The predicted molar refractivity (Wildman–Crippen MR) is 80.8 cm³/mol. The third kappa shape index (κ3) is 3.37. The Labute approximate surface area is 128 Å². The first-order valence-corrected chi connectivity index (χ1v) is 6.69. The summed E-state index contributed by atoms with van der Waals surface area (Å²) < 4.78 is 0.823. The van der Waals surface area contributed by atoms with E-state index in [9.17, 15) is 4.79 Å². The number of aromatic nitrogens is 1. The second-order valence-electron chi connectivity index (χ2n) is 3.67. The minimum atomic E-state index is -0.362. The van der Waals surface area contributed by atoms with Gasteiger partial charge in [-0.05, 0) is 40.2 Å². The van der Waals surface area contributed by atoms with E-state index in [0.29, 0.717) is 11.4 Å². The Morgan fingerprint density at radius 2 is 1.89 bits per heavy atom. The van der Waals surface area contributed by atoms with Gasteiger partial charge < -0.3 is 11.1 Å². The van der Waals surface area contributed by atoms with Crippen molar-refractivity contribution in [2.24, 2.45) is 0 Å². The molecule has 1 aromatic heterocycles. The van der Waals surface area contributed by atoms with Gasteiger partial charge in [-0.2, -0.15) is 0 Å². The zero-order valence-corrected chi connectivity index (χ0v) is 12.6. The molecule has 1 amide bonds. The molecule has 7 heteroatoms. The van der Waals surface area contributed by atoms with E-state index in [-0.39, 0.29) is 21.6 Å². The van der Waals surface area contributed by atoms with Gasteiger partial charge in [-0.25, -0.2) is 4.98 Å². The van der Waals surface area contributed by atoms with Crippen LogP contribution in [-0.2, 0) is 0 Å². The summed E-state index contributed by atoms with van der Waals surface area (Å²) >= 11 is 15.0. The van der Waals surface area contributed by atoms with Gasteiger partial charge in [-0.3, -0.25) is 4.79 Å². The van der Waals surface area contributed by atoms with Crippen LogP contribution in [0.1, 0.15) is 10.4 Å². The zero-order valence-electron chi connectivity index (χ0n) is 9.45. The van der Waals surface area contributed by atoms with Gasteiger partial charge in [-0.15, -0.1) is 0 Å². The van der Waals surface area contributed by atoms with Crippen LogP contribution in [0, 0.1) is 0 Å². The summed E-state index contributed by atoms with van der Waals surface area (Å²) in [6, 6.07) is 6.35. The number of rotatable bonds is 2. The summed E-state index contributed by atoms with van der Waals surface area (Å²) in [7, 11) is 0. The van der Waals surface area contributed by atoms with Crippen LogP contribution in [0.15, 0.2) is 34.9 Å². The second-order valence-corrected chi connectivity index (χ2v) is 5.40. The van der Waals surface area contributed by atoms with Crippen molar-refractivity contribution >= 4 is 56.5 Å². The smallest absolute Gasteiger partial charge is 0.256 e. The molecule has 3 N–H and O–H groups in total. The molecule has 2 aromatic rings. The molecule has 0 radical (unpaired) electrons. The van der Waals surface area contributed by atoms with Crippen molar-refractivity contribution in [1.82, 2.24) is 4.98 Å². The SMILES string of the molecule is Nc1c(Cl)cc(C(=O)Nc2ccc(Br)cn2)cc1Cl. The Morgan fingerprint density at radius 1 is 1.26 bits per heavy atom. The lowest BCUT2D eigenvalue weighted by molar-refractivity contribution is 0.102. The van der Waals surface area contributed by atoms with Gasteiger partial charge in [0.1, 0.15) is 5.82 Å². The topological polar surface area (TPSA) is 68.0 Å². The van der Waals surface area contributed by atoms with Crippen LogP contribution in [0.3, 0.4) is 0 Å². The molecular formula is C12H8BrCl2N3O. The number of nitrogens with two attached hydrogens (primary N) is 1. The van der Waals surface area contributed by atoms with Crippen LogP contribution < -0.4 is 11.1 Å². The highest BCUT2D eigenvalue weighted by molar-refractivity contribution is 9.10. The van der Waals surface area contributed by atoms with Gasteiger partial charge in [0.15, 0.2) is 0 Å². The number of hydrogen-bond donors (Lipinski definition) is 2. The van der Waals surface area contributed by atoms with Crippen molar-refractivity contribution in [1.29, 1.82) is 0 Å². The zero-order chi connectivity index (χ0) is 14.0. The molecule has 0 aliphatic rings. The van der Waals surface area contributed by atoms with E-state index in [2.05, 4.69) is 26.2 Å². The number of nitrogens with zero attached hydrogens (tertiary/aromatic N) is 1. The number of anilines is 2. The number of carbonyl (C=O) groups excluding carboxylic acids is 1. The highest BCUT2D eigenvalue weighted by atomic mass is 79.9. The third-order valence-electron chi connectivity index (χ3n) is 2.31. The molecule has 0 atom stereocenters. The number of nitrogens with one attached hydrogen (secondary N) is 1. The number of benzene rings is 1. The summed E-state index contributed by atoms with van der Waals surface area (Å²) in [5, 5.41) is 3.11.